The van der Waals surface area contributed by atoms with Crippen LogP contribution in [0.25, 0.3) is 0 Å². The van der Waals surface area contributed by atoms with Crippen molar-refractivity contribution in [2.45, 2.75) is 25.8 Å². The van der Waals surface area contributed by atoms with Gasteiger partial charge in [-0.1, -0.05) is 12.1 Å². The van der Waals surface area contributed by atoms with Crippen molar-refractivity contribution in [2.24, 2.45) is 11.3 Å². The van der Waals surface area contributed by atoms with E-state index in [0.29, 0.717) is 12.0 Å². The highest BCUT2D eigenvalue weighted by molar-refractivity contribution is 5.85. The second-order valence-corrected chi connectivity index (χ2v) is 7.02. The molecule has 1 unspecified atom stereocenters. The highest BCUT2D eigenvalue weighted by Gasteiger charge is 2.57. The second-order valence-electron chi connectivity index (χ2n) is 7.02. The molecule has 142 valence electrons. The number of halogens is 3. The summed E-state index contributed by atoms with van der Waals surface area (Å²) in [7, 11) is 2.01. The van der Waals surface area contributed by atoms with E-state index in [2.05, 4.69) is 15.5 Å². The summed E-state index contributed by atoms with van der Waals surface area (Å²) in [6, 6.07) is 6.57. The molecule has 25 heavy (non-hydrogen) atoms. The monoisotopic (exact) mass is 391 g/mol. The summed E-state index contributed by atoms with van der Waals surface area (Å²) in [5.74, 6) is 0.244. The third kappa shape index (κ3) is 5.81. The molecule has 2 aliphatic rings. The molecule has 1 spiro atoms. The van der Waals surface area contributed by atoms with Crippen molar-refractivity contribution in [3.8, 4) is 0 Å². The topological polar surface area (TPSA) is 44.4 Å². The van der Waals surface area contributed by atoms with E-state index < -0.39 is 0 Å². The number of benzene rings is 1. The quantitative estimate of drug-likeness (QED) is 0.783. The Morgan fingerprint density at radius 3 is 2.56 bits per heavy atom. The van der Waals surface area contributed by atoms with Gasteiger partial charge in [0.15, 0.2) is 0 Å². The Kier molecular flexibility index (Phi) is 8.61. The maximum Gasteiger partial charge on any atom is 0.223 e. The van der Waals surface area contributed by atoms with Crippen LogP contribution in [0.2, 0.25) is 0 Å². The van der Waals surface area contributed by atoms with Crippen LogP contribution in [-0.2, 0) is 11.3 Å². The van der Waals surface area contributed by atoms with Gasteiger partial charge in [0, 0.05) is 25.6 Å². The number of hydrogen-bond donors (Lipinski definition) is 2. The Morgan fingerprint density at radius 1 is 1.28 bits per heavy atom. The zero-order valence-corrected chi connectivity index (χ0v) is 16.2. The Hall–Kier alpha value is -0.880. The molecule has 0 radical (unpaired) electrons. The Balaban J connectivity index is 0.00000156. The molecule has 1 aliphatic heterocycles. The van der Waals surface area contributed by atoms with Gasteiger partial charge in [-0.3, -0.25) is 4.79 Å². The normalized spacial score (nSPS) is 20.5. The minimum atomic E-state index is -0.208. The minimum absolute atomic E-state index is 0. The standard InChI is InChI=1S/C18H26FN3O.2ClH/c1-22(13-14-2-4-15(19)5-3-14)11-10-21-17(23)16-12-18(16)6-8-20-9-7-18;;/h2-5,16,20H,6-13H2,1H3,(H,21,23);2*1H. The van der Waals surface area contributed by atoms with Gasteiger partial charge in [0.05, 0.1) is 0 Å². The predicted molar refractivity (Wildman–Crippen MR) is 103 cm³/mol. The van der Waals surface area contributed by atoms with Crippen molar-refractivity contribution < 1.29 is 9.18 Å². The largest absolute Gasteiger partial charge is 0.355 e. The van der Waals surface area contributed by atoms with Crippen LogP contribution in [-0.4, -0.2) is 44.0 Å². The van der Waals surface area contributed by atoms with E-state index in [1.807, 2.05) is 7.05 Å². The molecule has 1 amide bonds. The van der Waals surface area contributed by atoms with E-state index in [1.54, 1.807) is 12.1 Å². The van der Waals surface area contributed by atoms with Crippen LogP contribution in [0.3, 0.4) is 0 Å². The average Bonchev–Trinajstić information content (AvgIpc) is 3.23. The Labute approximate surface area is 161 Å². The lowest BCUT2D eigenvalue weighted by Gasteiger charge is -2.23. The summed E-state index contributed by atoms with van der Waals surface area (Å²) in [6.45, 7) is 4.31. The first-order chi connectivity index (χ1) is 11.1. The summed E-state index contributed by atoms with van der Waals surface area (Å²) in [5.41, 5.74) is 1.38. The second kappa shape index (κ2) is 9.72. The summed E-state index contributed by atoms with van der Waals surface area (Å²) >= 11 is 0. The number of nitrogens with one attached hydrogen (secondary N) is 2. The lowest BCUT2D eigenvalue weighted by atomic mass is 9.92. The number of amides is 1. The molecule has 0 aromatic heterocycles. The van der Waals surface area contributed by atoms with Crippen LogP contribution >= 0.6 is 24.8 Å². The average molecular weight is 392 g/mol. The highest BCUT2D eigenvalue weighted by Crippen LogP contribution is 2.58. The van der Waals surface area contributed by atoms with Crippen molar-refractivity contribution in [2.75, 3.05) is 33.2 Å². The van der Waals surface area contributed by atoms with Crippen LogP contribution in [0.4, 0.5) is 4.39 Å². The number of nitrogens with zero attached hydrogens (tertiary/aromatic N) is 1. The van der Waals surface area contributed by atoms with Crippen LogP contribution < -0.4 is 10.6 Å². The minimum Gasteiger partial charge on any atom is -0.355 e. The van der Waals surface area contributed by atoms with Gasteiger partial charge in [0.1, 0.15) is 5.82 Å². The number of likely N-dealkylation sites (N-methyl/N-ethyl adjacent to an activating group) is 1. The molecule has 2 N–H and O–H groups in total. The highest BCUT2D eigenvalue weighted by atomic mass is 35.5. The molecule has 0 bridgehead atoms. The van der Waals surface area contributed by atoms with E-state index in [1.165, 1.54) is 12.1 Å². The predicted octanol–water partition coefficient (Wildman–Crippen LogP) is 2.61. The van der Waals surface area contributed by atoms with Gasteiger partial charge in [0.25, 0.3) is 0 Å². The Morgan fingerprint density at radius 2 is 1.92 bits per heavy atom. The van der Waals surface area contributed by atoms with Gasteiger partial charge >= 0.3 is 0 Å². The van der Waals surface area contributed by atoms with E-state index in [9.17, 15) is 9.18 Å². The van der Waals surface area contributed by atoms with E-state index >= 15 is 0 Å². The zero-order valence-electron chi connectivity index (χ0n) is 14.6. The van der Waals surface area contributed by atoms with Crippen LogP contribution in [0.15, 0.2) is 24.3 Å². The van der Waals surface area contributed by atoms with E-state index in [4.69, 9.17) is 0 Å². The summed E-state index contributed by atoms with van der Waals surface area (Å²) in [6.07, 6.45) is 3.33. The first-order valence-electron chi connectivity index (χ1n) is 8.50. The van der Waals surface area contributed by atoms with Gasteiger partial charge in [-0.05, 0) is 62.5 Å². The van der Waals surface area contributed by atoms with E-state index in [0.717, 1.165) is 51.0 Å². The van der Waals surface area contributed by atoms with Crippen LogP contribution in [0.1, 0.15) is 24.8 Å². The molecule has 1 saturated carbocycles. The van der Waals surface area contributed by atoms with Crippen molar-refractivity contribution in [1.29, 1.82) is 0 Å². The number of rotatable bonds is 6. The fourth-order valence-electron chi connectivity index (χ4n) is 3.67. The molecule has 2 fully saturated rings. The van der Waals surface area contributed by atoms with E-state index in [-0.39, 0.29) is 42.5 Å². The Bertz CT molecular complexity index is 550. The maximum atomic E-state index is 12.9. The summed E-state index contributed by atoms with van der Waals surface area (Å²) < 4.78 is 12.9. The number of carbonyl (C=O) groups excluding carboxylic acids is 1. The van der Waals surface area contributed by atoms with Crippen LogP contribution in [0, 0.1) is 17.2 Å². The zero-order chi connectivity index (χ0) is 16.3. The molecule has 1 aromatic carbocycles. The maximum absolute atomic E-state index is 12.9. The molecule has 3 rings (SSSR count). The van der Waals surface area contributed by atoms with Gasteiger partial charge in [0.2, 0.25) is 5.91 Å². The number of piperidine rings is 1. The van der Waals surface area contributed by atoms with Gasteiger partial charge in [-0.25, -0.2) is 4.39 Å². The smallest absolute Gasteiger partial charge is 0.223 e. The van der Waals surface area contributed by atoms with Crippen molar-refractivity contribution in [3.63, 3.8) is 0 Å². The molecule has 1 saturated heterocycles. The van der Waals surface area contributed by atoms with Crippen LogP contribution in [0.5, 0.6) is 0 Å². The fraction of sp³-hybridized carbons (Fsp3) is 0.611. The first kappa shape index (κ1) is 22.2. The SMILES string of the molecule is CN(CCNC(=O)C1CC12CCNCC2)Cc1ccc(F)cc1.Cl.Cl. The lowest BCUT2D eigenvalue weighted by molar-refractivity contribution is -0.123. The number of carbonyl (C=O) groups is 1. The summed E-state index contributed by atoms with van der Waals surface area (Å²) in [5, 5.41) is 6.44. The molecule has 1 aliphatic carbocycles. The molecular weight excluding hydrogens is 364 g/mol. The van der Waals surface area contributed by atoms with Crippen molar-refractivity contribution >= 4 is 30.7 Å². The molecule has 7 heteroatoms. The number of hydrogen-bond acceptors (Lipinski definition) is 3. The third-order valence-corrected chi connectivity index (χ3v) is 5.26. The lowest BCUT2D eigenvalue weighted by Crippen LogP contribution is -2.36. The third-order valence-electron chi connectivity index (χ3n) is 5.26. The molecule has 1 aromatic rings. The van der Waals surface area contributed by atoms with Crippen molar-refractivity contribution in [3.05, 3.63) is 35.6 Å². The van der Waals surface area contributed by atoms with Gasteiger partial charge < -0.3 is 15.5 Å². The molecule has 1 heterocycles. The van der Waals surface area contributed by atoms with Gasteiger partial charge in [-0.2, -0.15) is 0 Å². The van der Waals surface area contributed by atoms with Crippen molar-refractivity contribution in [1.82, 2.24) is 15.5 Å². The molecular formula is C18H28Cl2FN3O. The molecule has 4 nitrogen and oxygen atoms in total. The van der Waals surface area contributed by atoms with Gasteiger partial charge in [-0.15, -0.1) is 24.8 Å². The summed E-state index contributed by atoms with van der Waals surface area (Å²) in [4.78, 5) is 14.4. The fourth-order valence-corrected chi connectivity index (χ4v) is 3.67. The first-order valence-corrected chi connectivity index (χ1v) is 8.50. The molecule has 1 atom stereocenters.